The van der Waals surface area contributed by atoms with E-state index < -0.39 is 11.6 Å². The molecule has 1 unspecified atom stereocenters. The van der Waals surface area contributed by atoms with Gasteiger partial charge in [0.05, 0.1) is 21.2 Å². The van der Waals surface area contributed by atoms with E-state index in [1.807, 2.05) is 6.08 Å². The maximum Gasteiger partial charge on any atom is 0.276 e. The molecule has 0 bridgehead atoms. The van der Waals surface area contributed by atoms with E-state index >= 15 is 0 Å². The molecule has 0 saturated heterocycles. The topological polar surface area (TPSA) is 83.3 Å². The molecule has 1 N–H and O–H groups in total. The molecule has 0 radical (unpaired) electrons. The number of rotatable bonds is 4. The molecule has 46 heavy (non-hydrogen) atoms. The predicted octanol–water partition coefficient (Wildman–Crippen LogP) is 8.31. The summed E-state index contributed by atoms with van der Waals surface area (Å²) in [7, 11) is 0. The maximum absolute atomic E-state index is 14.6. The van der Waals surface area contributed by atoms with Gasteiger partial charge in [-0.2, -0.15) is 0 Å². The Morgan fingerprint density at radius 3 is 1.70 bits per heavy atom. The lowest BCUT2D eigenvalue weighted by Gasteiger charge is -2.20. The van der Waals surface area contributed by atoms with Crippen LogP contribution in [0.4, 0.5) is 8.78 Å². The highest BCUT2D eigenvalue weighted by Crippen LogP contribution is 2.37. The second-order valence-electron chi connectivity index (χ2n) is 11.4. The summed E-state index contributed by atoms with van der Waals surface area (Å²) in [6.45, 7) is 2.42. The standard InChI is InChI=1S/C19H19Cl2FN2O2.C13H11Cl2FN2O2/c20-14-11-15(22)13(10-16(14)26-12-6-2-1-3-7-12)17-18(21)23-8-4-5-9-24(23)19(17)25;14-8-6-9(16)7(5-10(8)19)11-12(15)17-3-1-2-4-18(17)13(11)20/h2,6,10-12H,1,3-5,7-9H2;5-6,19H,1-4H2. The molecule has 0 fully saturated rings. The van der Waals surface area contributed by atoms with Crippen LogP contribution in [0.2, 0.25) is 20.4 Å². The van der Waals surface area contributed by atoms with Crippen LogP contribution in [0.15, 0.2) is 46.0 Å². The summed E-state index contributed by atoms with van der Waals surface area (Å²) in [4.78, 5) is 25.1. The van der Waals surface area contributed by atoms with E-state index in [0.717, 1.165) is 57.1 Å². The van der Waals surface area contributed by atoms with E-state index in [2.05, 4.69) is 6.08 Å². The Kier molecular flexibility index (Phi) is 9.62. The summed E-state index contributed by atoms with van der Waals surface area (Å²) in [5.74, 6) is -1.18. The van der Waals surface area contributed by atoms with Crippen LogP contribution in [0.5, 0.6) is 11.5 Å². The fourth-order valence-corrected chi connectivity index (χ4v) is 7.15. The number of nitrogens with zero attached hydrogens (tertiary/aromatic N) is 4. The van der Waals surface area contributed by atoms with Gasteiger partial charge in [-0.3, -0.25) is 19.0 Å². The molecule has 3 aliphatic rings. The third-order valence-electron chi connectivity index (χ3n) is 8.41. The molecule has 14 heteroatoms. The maximum atomic E-state index is 14.6. The first-order valence-electron chi connectivity index (χ1n) is 15.1. The van der Waals surface area contributed by atoms with Crippen LogP contribution in [0, 0.1) is 11.6 Å². The molecule has 0 spiro atoms. The Morgan fingerprint density at radius 2 is 1.20 bits per heavy atom. The highest BCUT2D eigenvalue weighted by Gasteiger charge is 2.27. The number of benzene rings is 2. The lowest BCUT2D eigenvalue weighted by Crippen LogP contribution is -2.27. The predicted molar refractivity (Wildman–Crippen MR) is 176 cm³/mol. The number of fused-ring (bicyclic) bond motifs is 2. The molecular weight excluding hydrogens is 684 g/mol. The van der Waals surface area contributed by atoms with Crippen LogP contribution >= 0.6 is 46.4 Å². The van der Waals surface area contributed by atoms with Crippen molar-refractivity contribution in [2.24, 2.45) is 0 Å². The number of ether oxygens (including phenoxy) is 1. The molecule has 244 valence electrons. The molecule has 8 nitrogen and oxygen atoms in total. The van der Waals surface area contributed by atoms with Gasteiger partial charge in [0.25, 0.3) is 11.1 Å². The first-order chi connectivity index (χ1) is 22.1. The molecule has 7 rings (SSSR count). The third kappa shape index (κ3) is 6.12. The normalized spacial score (nSPS) is 17.2. The second kappa shape index (κ2) is 13.5. The van der Waals surface area contributed by atoms with Gasteiger partial charge in [-0.1, -0.05) is 52.5 Å². The second-order valence-corrected chi connectivity index (χ2v) is 12.9. The van der Waals surface area contributed by atoms with Crippen LogP contribution in [-0.4, -0.2) is 29.9 Å². The molecule has 0 amide bonds. The van der Waals surface area contributed by atoms with Gasteiger partial charge in [0.1, 0.15) is 39.5 Å². The van der Waals surface area contributed by atoms with Gasteiger partial charge in [-0.15, -0.1) is 0 Å². The van der Waals surface area contributed by atoms with Crippen LogP contribution in [-0.2, 0) is 26.2 Å². The molecule has 0 saturated carbocycles. The first kappa shape index (κ1) is 32.7. The monoisotopic (exact) mass is 712 g/mol. The van der Waals surface area contributed by atoms with E-state index in [1.165, 1.54) is 16.8 Å². The van der Waals surface area contributed by atoms with E-state index in [4.69, 9.17) is 51.1 Å². The Labute approximate surface area is 282 Å². The van der Waals surface area contributed by atoms with Crippen molar-refractivity contribution in [2.45, 2.75) is 77.2 Å². The average Bonchev–Trinajstić information content (AvgIpc) is 3.45. The van der Waals surface area contributed by atoms with Crippen molar-refractivity contribution in [2.75, 3.05) is 0 Å². The molecular formula is C32H30Cl4F2N4O4. The van der Waals surface area contributed by atoms with Gasteiger partial charge in [-0.05, 0) is 75.3 Å². The van der Waals surface area contributed by atoms with Gasteiger partial charge < -0.3 is 9.84 Å². The van der Waals surface area contributed by atoms with E-state index in [0.29, 0.717) is 31.9 Å². The number of allylic oxidation sites excluding steroid dienone is 1. The van der Waals surface area contributed by atoms with Gasteiger partial charge >= 0.3 is 0 Å². The quantitative estimate of drug-likeness (QED) is 0.216. The first-order valence-corrected chi connectivity index (χ1v) is 16.6. The zero-order chi connectivity index (χ0) is 32.7. The summed E-state index contributed by atoms with van der Waals surface area (Å²) in [6.07, 6.45) is 10.6. The lowest BCUT2D eigenvalue weighted by molar-refractivity contribution is 0.230. The number of hydrogen-bond donors (Lipinski definition) is 1. The highest BCUT2D eigenvalue weighted by molar-refractivity contribution is 6.34. The summed E-state index contributed by atoms with van der Waals surface area (Å²) >= 11 is 24.5. The van der Waals surface area contributed by atoms with Crippen LogP contribution in [0.25, 0.3) is 22.3 Å². The minimum absolute atomic E-state index is 0.0312. The van der Waals surface area contributed by atoms with Crippen LogP contribution in [0.1, 0.15) is 44.9 Å². The van der Waals surface area contributed by atoms with Crippen molar-refractivity contribution in [1.29, 1.82) is 0 Å². The Bertz CT molecular complexity index is 1960. The lowest BCUT2D eigenvalue weighted by atomic mass is 10.0. The number of halogens is 6. The van der Waals surface area contributed by atoms with Crippen molar-refractivity contribution >= 4 is 46.4 Å². The number of phenols is 1. The third-order valence-corrected chi connectivity index (χ3v) is 9.78. The Morgan fingerprint density at radius 1 is 0.696 bits per heavy atom. The van der Waals surface area contributed by atoms with Gasteiger partial charge in [0.15, 0.2) is 0 Å². The number of aromatic nitrogens is 4. The smallest absolute Gasteiger partial charge is 0.276 e. The van der Waals surface area contributed by atoms with E-state index in [1.54, 1.807) is 14.0 Å². The molecule has 4 aromatic rings. The van der Waals surface area contributed by atoms with Gasteiger partial charge in [0, 0.05) is 37.3 Å². The molecule has 2 aromatic heterocycles. The SMILES string of the molecule is O=c1c(-c2cc(O)c(Cl)cc2F)c(Cl)n2n1CCCC2.O=c1c(-c2cc(OC3C=CCCC3)c(Cl)cc2F)c(Cl)n2n1CCCC2. The van der Waals surface area contributed by atoms with Crippen molar-refractivity contribution in [3.8, 4) is 33.8 Å². The minimum Gasteiger partial charge on any atom is -0.506 e. The van der Waals surface area contributed by atoms with Crippen LogP contribution in [0.3, 0.4) is 0 Å². The van der Waals surface area contributed by atoms with Crippen molar-refractivity contribution in [3.05, 3.63) is 89.1 Å². The average molecular weight is 714 g/mol. The highest BCUT2D eigenvalue weighted by atomic mass is 35.5. The molecule has 2 aliphatic heterocycles. The molecule has 1 atom stereocenters. The largest absolute Gasteiger partial charge is 0.506 e. The zero-order valence-corrected chi connectivity index (χ0v) is 27.6. The van der Waals surface area contributed by atoms with Crippen molar-refractivity contribution < 1.29 is 18.6 Å². The Balaban J connectivity index is 0.000000167. The molecule has 2 aromatic carbocycles. The summed E-state index contributed by atoms with van der Waals surface area (Å²) in [5.41, 5.74) is -0.288. The van der Waals surface area contributed by atoms with Gasteiger partial charge in [0.2, 0.25) is 0 Å². The molecule has 1 aliphatic carbocycles. The zero-order valence-electron chi connectivity index (χ0n) is 24.5. The fourth-order valence-electron chi connectivity index (χ4n) is 6.09. The van der Waals surface area contributed by atoms with Gasteiger partial charge in [-0.25, -0.2) is 18.1 Å². The van der Waals surface area contributed by atoms with Crippen LogP contribution < -0.4 is 15.9 Å². The van der Waals surface area contributed by atoms with E-state index in [9.17, 15) is 23.5 Å². The summed E-state index contributed by atoms with van der Waals surface area (Å²) in [5, 5.41) is 10.1. The van der Waals surface area contributed by atoms with Crippen molar-refractivity contribution in [1.82, 2.24) is 18.7 Å². The fraction of sp³-hybridized carbons (Fsp3) is 0.375. The number of aromatic hydroxyl groups is 1. The number of phenolic OH excluding ortho intramolecular Hbond substituents is 1. The minimum atomic E-state index is -0.685. The van der Waals surface area contributed by atoms with Crippen molar-refractivity contribution in [3.63, 3.8) is 0 Å². The Hall–Kier alpha value is -3.18. The summed E-state index contributed by atoms with van der Waals surface area (Å²) < 4.78 is 41.1. The summed E-state index contributed by atoms with van der Waals surface area (Å²) in [6, 6.07) is 4.79. The molecule has 4 heterocycles. The van der Waals surface area contributed by atoms with E-state index in [-0.39, 0.29) is 65.6 Å². The number of hydrogen-bond acceptors (Lipinski definition) is 4.